The molecule has 8 nitrogen and oxygen atoms in total. The third-order valence-electron chi connectivity index (χ3n) is 8.96. The minimum atomic E-state index is -4.54. The van der Waals surface area contributed by atoms with E-state index in [0.717, 1.165) is 70.6 Å². The molecule has 0 rings (SSSR count). The van der Waals surface area contributed by atoms with Crippen LogP contribution in [0.5, 0.6) is 0 Å². The molecule has 0 amide bonds. The van der Waals surface area contributed by atoms with Gasteiger partial charge in [-0.1, -0.05) is 153 Å². The fourth-order valence-corrected chi connectivity index (χ4v) is 6.37. The average Bonchev–Trinajstić information content (AvgIpc) is 3.11. The average molecular weight is 768 g/mol. The van der Waals surface area contributed by atoms with Gasteiger partial charge in [-0.2, -0.15) is 0 Å². The van der Waals surface area contributed by atoms with Crippen molar-refractivity contribution in [2.45, 2.75) is 180 Å². The van der Waals surface area contributed by atoms with Crippen molar-refractivity contribution in [1.82, 2.24) is 0 Å². The first-order valence-electron chi connectivity index (χ1n) is 21.4. The summed E-state index contributed by atoms with van der Waals surface area (Å²) in [6.07, 6.45) is 45.0. The summed E-state index contributed by atoms with van der Waals surface area (Å²) in [6.45, 7) is 4.60. The highest BCUT2D eigenvalue weighted by molar-refractivity contribution is 7.45. The number of carbonyl (C=O) groups is 1. The SMILES string of the molecule is CC/C=C/C/C=C/C/C=C/CCCCCCCC(=O)O[C@H](CO/C=C/CCCCCCCCCCCCCCCC)COP(=O)([O-])OCC[N+](C)(C)C. The van der Waals surface area contributed by atoms with Crippen molar-refractivity contribution in [3.05, 3.63) is 48.8 Å². The quantitative estimate of drug-likeness (QED) is 0.0153. The van der Waals surface area contributed by atoms with Gasteiger partial charge in [-0.3, -0.25) is 9.36 Å². The van der Waals surface area contributed by atoms with Gasteiger partial charge in [0.2, 0.25) is 0 Å². The Labute approximate surface area is 327 Å². The van der Waals surface area contributed by atoms with Gasteiger partial charge in [-0.15, -0.1) is 0 Å². The van der Waals surface area contributed by atoms with Crippen LogP contribution in [0.15, 0.2) is 48.8 Å². The number of phosphoric acid groups is 1. The predicted molar refractivity (Wildman–Crippen MR) is 222 cm³/mol. The van der Waals surface area contributed by atoms with Gasteiger partial charge in [0.15, 0.2) is 6.10 Å². The summed E-state index contributed by atoms with van der Waals surface area (Å²) in [5.74, 6) is -0.374. The molecule has 0 radical (unpaired) electrons. The molecule has 9 heteroatoms. The molecule has 0 heterocycles. The molecule has 0 aromatic carbocycles. The Balaban J connectivity index is 4.33. The highest BCUT2D eigenvalue weighted by Crippen LogP contribution is 2.38. The van der Waals surface area contributed by atoms with Gasteiger partial charge in [0.1, 0.15) is 19.8 Å². The number of rotatable bonds is 39. The minimum Gasteiger partial charge on any atom is -0.756 e. The molecule has 0 saturated carbocycles. The molecule has 310 valence electrons. The summed E-state index contributed by atoms with van der Waals surface area (Å²) in [5, 5.41) is 0. The second-order valence-corrected chi connectivity index (χ2v) is 16.8. The Morgan fingerprint density at radius 2 is 1.11 bits per heavy atom. The first kappa shape index (κ1) is 51.3. The lowest BCUT2D eigenvalue weighted by atomic mass is 10.0. The van der Waals surface area contributed by atoms with Crippen molar-refractivity contribution in [2.75, 3.05) is 47.5 Å². The molecule has 0 fully saturated rings. The van der Waals surface area contributed by atoms with Crippen molar-refractivity contribution >= 4 is 13.8 Å². The van der Waals surface area contributed by atoms with E-state index in [9.17, 15) is 14.3 Å². The standard InChI is InChI=1S/C44H82NO7P/c1-6-8-10-12-14-16-18-20-22-24-26-28-30-32-34-36-39-49-41-43(42-51-53(47,48)50-40-38-45(3,4)5)52-44(46)37-35-33-31-29-27-25-23-21-19-17-15-13-11-9-7-2/h9,11,15,17,21,23,36,39,43H,6-8,10,12-14,16,18-20,22,24-35,37-38,40-42H2,1-5H3/b11-9+,17-15+,23-21+,39-36+/t43-/m1/s1. The van der Waals surface area contributed by atoms with Gasteiger partial charge in [-0.25, -0.2) is 0 Å². The van der Waals surface area contributed by atoms with E-state index in [2.05, 4.69) is 50.3 Å². The van der Waals surface area contributed by atoms with Gasteiger partial charge >= 0.3 is 5.97 Å². The number of allylic oxidation sites excluding steroid dienone is 7. The molecule has 0 N–H and O–H groups in total. The van der Waals surface area contributed by atoms with Gasteiger partial charge in [0.05, 0.1) is 34.0 Å². The Morgan fingerprint density at radius 3 is 1.66 bits per heavy atom. The maximum Gasteiger partial charge on any atom is 0.306 e. The second kappa shape index (κ2) is 37.2. The second-order valence-electron chi connectivity index (χ2n) is 15.4. The number of likely N-dealkylation sites (N-methyl/N-ethyl adjacent to an activating group) is 1. The monoisotopic (exact) mass is 768 g/mol. The van der Waals surface area contributed by atoms with Crippen LogP contribution in [-0.4, -0.2) is 64.1 Å². The molecule has 1 unspecified atom stereocenters. The van der Waals surface area contributed by atoms with Crippen LogP contribution in [0.4, 0.5) is 0 Å². The van der Waals surface area contributed by atoms with Gasteiger partial charge < -0.3 is 27.9 Å². The Bertz CT molecular complexity index is 989. The predicted octanol–water partition coefficient (Wildman–Crippen LogP) is 12.1. The van der Waals surface area contributed by atoms with E-state index in [1.165, 1.54) is 83.5 Å². The summed E-state index contributed by atoms with van der Waals surface area (Å²) < 4.78 is 34.3. The maximum atomic E-state index is 12.6. The lowest BCUT2D eigenvalue weighted by molar-refractivity contribution is -0.870. The Hall–Kier alpha value is -1.70. The molecule has 0 aliphatic heterocycles. The van der Waals surface area contributed by atoms with Crippen LogP contribution in [0.1, 0.15) is 174 Å². The molecule has 0 bridgehead atoms. The lowest BCUT2D eigenvalue weighted by Crippen LogP contribution is -2.37. The van der Waals surface area contributed by atoms with E-state index in [-0.39, 0.29) is 32.2 Å². The number of esters is 1. The van der Waals surface area contributed by atoms with Gasteiger partial charge in [0, 0.05) is 6.42 Å². The van der Waals surface area contributed by atoms with E-state index in [1.807, 2.05) is 27.2 Å². The highest BCUT2D eigenvalue weighted by atomic mass is 31.2. The van der Waals surface area contributed by atoms with Gasteiger partial charge in [0.25, 0.3) is 7.82 Å². The van der Waals surface area contributed by atoms with E-state index < -0.39 is 13.9 Å². The smallest absolute Gasteiger partial charge is 0.306 e. The van der Waals surface area contributed by atoms with E-state index in [4.69, 9.17) is 18.5 Å². The molecule has 0 aromatic heterocycles. The van der Waals surface area contributed by atoms with Crippen molar-refractivity contribution < 1.29 is 37.3 Å². The van der Waals surface area contributed by atoms with Crippen LogP contribution in [0, 0.1) is 0 Å². The maximum absolute atomic E-state index is 12.6. The van der Waals surface area contributed by atoms with E-state index in [0.29, 0.717) is 11.0 Å². The van der Waals surface area contributed by atoms with E-state index in [1.54, 1.807) is 6.26 Å². The first-order valence-corrected chi connectivity index (χ1v) is 22.9. The fraction of sp³-hybridized carbons (Fsp3) is 0.795. The largest absolute Gasteiger partial charge is 0.756 e. The molecule has 53 heavy (non-hydrogen) atoms. The molecule has 0 aliphatic rings. The normalized spacial score (nSPS) is 14.2. The van der Waals surface area contributed by atoms with Crippen LogP contribution in [0.25, 0.3) is 0 Å². The third kappa shape index (κ3) is 41.3. The van der Waals surface area contributed by atoms with E-state index >= 15 is 0 Å². The highest BCUT2D eigenvalue weighted by Gasteiger charge is 2.20. The number of quaternary nitrogens is 1. The van der Waals surface area contributed by atoms with Crippen LogP contribution in [0.2, 0.25) is 0 Å². The third-order valence-corrected chi connectivity index (χ3v) is 9.92. The number of unbranched alkanes of at least 4 members (excludes halogenated alkanes) is 19. The number of phosphoric ester groups is 1. The fourth-order valence-electron chi connectivity index (χ4n) is 5.64. The molecule has 0 aliphatic carbocycles. The van der Waals surface area contributed by atoms with Crippen molar-refractivity contribution in [2.24, 2.45) is 0 Å². The Kier molecular flexibility index (Phi) is 36.0. The number of ether oxygens (including phenoxy) is 2. The zero-order valence-corrected chi connectivity index (χ0v) is 35.8. The topological polar surface area (TPSA) is 94.1 Å². The van der Waals surface area contributed by atoms with Crippen LogP contribution in [0.3, 0.4) is 0 Å². The zero-order chi connectivity index (χ0) is 39.1. The molecular formula is C44H82NO7P. The summed E-state index contributed by atoms with van der Waals surface area (Å²) in [7, 11) is 1.31. The first-order chi connectivity index (χ1) is 25.6. The van der Waals surface area contributed by atoms with Crippen molar-refractivity contribution in [1.29, 1.82) is 0 Å². The number of carbonyl (C=O) groups excluding carboxylic acids is 1. The number of hydrogen-bond donors (Lipinski definition) is 0. The van der Waals surface area contributed by atoms with Crippen molar-refractivity contribution in [3.8, 4) is 0 Å². The molecule has 2 atom stereocenters. The van der Waals surface area contributed by atoms with Gasteiger partial charge in [-0.05, 0) is 57.4 Å². The summed E-state index contributed by atoms with van der Waals surface area (Å²) >= 11 is 0. The van der Waals surface area contributed by atoms with Crippen LogP contribution >= 0.6 is 7.82 Å². The van der Waals surface area contributed by atoms with Crippen molar-refractivity contribution in [3.63, 3.8) is 0 Å². The van der Waals surface area contributed by atoms with Crippen LogP contribution in [-0.2, 0) is 27.9 Å². The molecule has 0 aromatic rings. The summed E-state index contributed by atoms with van der Waals surface area (Å²) in [6, 6.07) is 0. The van der Waals surface area contributed by atoms with Crippen LogP contribution < -0.4 is 4.89 Å². The molecular weight excluding hydrogens is 685 g/mol. The Morgan fingerprint density at radius 1 is 0.623 bits per heavy atom. The zero-order valence-electron chi connectivity index (χ0n) is 35.0. The lowest BCUT2D eigenvalue weighted by Gasteiger charge is -2.28. The minimum absolute atomic E-state index is 0.0120. The summed E-state index contributed by atoms with van der Waals surface area (Å²) in [4.78, 5) is 25.0. The summed E-state index contributed by atoms with van der Waals surface area (Å²) in [5.41, 5.74) is 0. The number of nitrogens with zero attached hydrogens (tertiary/aromatic N) is 1. The number of hydrogen-bond acceptors (Lipinski definition) is 7. The molecule has 0 spiro atoms. The molecule has 0 saturated heterocycles.